The lowest BCUT2D eigenvalue weighted by molar-refractivity contribution is -0.146. The predicted octanol–water partition coefficient (Wildman–Crippen LogP) is -0.491. The molecule has 0 saturated carbocycles. The molecule has 1 rings (SSSR count). The van der Waals surface area contributed by atoms with Gasteiger partial charge in [-0.1, -0.05) is 0 Å². The Bertz CT molecular complexity index is 411. The molecule has 1 amide bonds. The summed E-state index contributed by atoms with van der Waals surface area (Å²) in [4.78, 5) is 21.9. The van der Waals surface area contributed by atoms with Crippen LogP contribution in [0.5, 0.6) is 0 Å². The molecule has 1 atom stereocenters. The number of aromatic nitrogens is 1. The maximum absolute atomic E-state index is 11.6. The van der Waals surface area contributed by atoms with Gasteiger partial charge in [-0.15, -0.1) is 0 Å². The van der Waals surface area contributed by atoms with E-state index in [1.807, 2.05) is 6.92 Å². The highest BCUT2D eigenvalue weighted by atomic mass is 16.4. The van der Waals surface area contributed by atoms with Crippen molar-refractivity contribution in [3.63, 3.8) is 0 Å². The van der Waals surface area contributed by atoms with E-state index >= 15 is 0 Å². The first-order valence-corrected chi connectivity index (χ1v) is 4.75. The van der Waals surface area contributed by atoms with Crippen molar-refractivity contribution in [1.29, 1.82) is 0 Å². The molecule has 6 heteroatoms. The summed E-state index contributed by atoms with van der Waals surface area (Å²) in [5.74, 6) is -1.76. The minimum Gasteiger partial charge on any atom is -0.479 e. The molecular weight excluding hydrogens is 212 g/mol. The number of aryl methyl sites for hydroxylation is 1. The minimum atomic E-state index is -1.58. The van der Waals surface area contributed by atoms with Crippen molar-refractivity contribution in [2.45, 2.75) is 13.0 Å². The molecule has 0 aromatic carbocycles. The Hall–Kier alpha value is -1.82. The van der Waals surface area contributed by atoms with Gasteiger partial charge in [-0.25, -0.2) is 4.79 Å². The fourth-order valence-corrected chi connectivity index (χ4v) is 1.21. The summed E-state index contributed by atoms with van der Waals surface area (Å²) in [5, 5.41) is 19.7. The zero-order valence-corrected chi connectivity index (χ0v) is 9.10. The van der Waals surface area contributed by atoms with Gasteiger partial charge in [0.05, 0.1) is 6.54 Å². The zero-order valence-electron chi connectivity index (χ0n) is 9.10. The van der Waals surface area contributed by atoms with Gasteiger partial charge >= 0.3 is 5.97 Å². The van der Waals surface area contributed by atoms with E-state index in [2.05, 4.69) is 5.32 Å². The third kappa shape index (κ3) is 2.60. The number of carboxylic acids is 1. The number of carbonyl (C=O) groups excluding carboxylic acids is 1. The number of aliphatic carboxylic acids is 1. The van der Waals surface area contributed by atoms with Crippen molar-refractivity contribution in [2.75, 3.05) is 6.54 Å². The average molecular weight is 226 g/mol. The Morgan fingerprint density at radius 2 is 2.12 bits per heavy atom. The molecule has 3 N–H and O–H groups in total. The van der Waals surface area contributed by atoms with Crippen LogP contribution in [0.15, 0.2) is 12.1 Å². The number of hydrogen-bond acceptors (Lipinski definition) is 3. The number of rotatable bonds is 4. The fourth-order valence-electron chi connectivity index (χ4n) is 1.21. The quantitative estimate of drug-likeness (QED) is 0.646. The first-order chi connectivity index (χ1) is 7.43. The van der Waals surface area contributed by atoms with Crippen molar-refractivity contribution in [3.8, 4) is 0 Å². The van der Waals surface area contributed by atoms with Gasteiger partial charge in [0.1, 0.15) is 5.69 Å². The van der Waals surface area contributed by atoms with Crippen molar-refractivity contribution in [1.82, 2.24) is 9.88 Å². The average Bonchev–Trinajstić information content (AvgIpc) is 2.55. The summed E-state index contributed by atoms with van der Waals surface area (Å²) in [6.45, 7) is 1.54. The van der Waals surface area contributed by atoms with Gasteiger partial charge in [0.25, 0.3) is 5.91 Å². The van der Waals surface area contributed by atoms with Gasteiger partial charge in [-0.2, -0.15) is 0 Å². The highest BCUT2D eigenvalue weighted by Gasteiger charge is 2.16. The summed E-state index contributed by atoms with van der Waals surface area (Å²) >= 11 is 0. The smallest absolute Gasteiger partial charge is 0.334 e. The molecule has 0 aliphatic carbocycles. The van der Waals surface area contributed by atoms with E-state index in [0.29, 0.717) is 5.69 Å². The van der Waals surface area contributed by atoms with Crippen LogP contribution in [0, 0.1) is 6.92 Å². The van der Waals surface area contributed by atoms with E-state index in [1.165, 1.54) is 0 Å². The molecule has 1 aromatic heterocycles. The second-order valence-corrected chi connectivity index (χ2v) is 3.48. The predicted molar refractivity (Wildman–Crippen MR) is 56.1 cm³/mol. The summed E-state index contributed by atoms with van der Waals surface area (Å²) in [5.41, 5.74) is 1.35. The monoisotopic (exact) mass is 226 g/mol. The molecule has 16 heavy (non-hydrogen) atoms. The number of hydrogen-bond donors (Lipinski definition) is 3. The molecule has 6 nitrogen and oxygen atoms in total. The van der Waals surface area contributed by atoms with Gasteiger partial charge in [-0.05, 0) is 19.1 Å². The lowest BCUT2D eigenvalue weighted by atomic mass is 10.3. The van der Waals surface area contributed by atoms with E-state index in [4.69, 9.17) is 10.2 Å². The van der Waals surface area contributed by atoms with Crippen LogP contribution in [0.25, 0.3) is 0 Å². The van der Waals surface area contributed by atoms with Gasteiger partial charge in [0, 0.05) is 12.7 Å². The lowest BCUT2D eigenvalue weighted by Crippen LogP contribution is -2.37. The normalized spacial score (nSPS) is 12.2. The molecule has 0 aliphatic rings. The number of aliphatic hydroxyl groups excluding tert-OH is 1. The molecule has 0 fully saturated rings. The van der Waals surface area contributed by atoms with Crippen LogP contribution in [0.3, 0.4) is 0 Å². The molecule has 0 aliphatic heterocycles. The number of carboxylic acid groups (broad SMARTS) is 1. The van der Waals surface area contributed by atoms with Crippen LogP contribution in [-0.4, -0.2) is 39.3 Å². The van der Waals surface area contributed by atoms with Gasteiger partial charge in [0.15, 0.2) is 6.10 Å². The Morgan fingerprint density at radius 3 is 2.56 bits per heavy atom. The Morgan fingerprint density at radius 1 is 1.50 bits per heavy atom. The standard InChI is InChI=1S/C10H14N2O4/c1-6-3-4-7(12(6)2)9(14)11-5-8(13)10(15)16/h3-4,8,13H,5H2,1-2H3,(H,11,14)(H,15,16)/t8-/m0/s1. The van der Waals surface area contributed by atoms with Crippen LogP contribution in [0.4, 0.5) is 0 Å². The van der Waals surface area contributed by atoms with E-state index in [1.54, 1.807) is 23.7 Å². The topological polar surface area (TPSA) is 91.6 Å². The molecule has 0 radical (unpaired) electrons. The number of nitrogens with zero attached hydrogens (tertiary/aromatic N) is 1. The van der Waals surface area contributed by atoms with E-state index in [0.717, 1.165) is 5.69 Å². The Kier molecular flexibility index (Phi) is 3.68. The second-order valence-electron chi connectivity index (χ2n) is 3.48. The number of amides is 1. The zero-order chi connectivity index (χ0) is 12.3. The van der Waals surface area contributed by atoms with Crippen molar-refractivity contribution >= 4 is 11.9 Å². The van der Waals surface area contributed by atoms with Gasteiger partial charge < -0.3 is 20.1 Å². The van der Waals surface area contributed by atoms with Crippen molar-refractivity contribution in [3.05, 3.63) is 23.5 Å². The first-order valence-electron chi connectivity index (χ1n) is 4.75. The SMILES string of the molecule is Cc1ccc(C(=O)NC[C@H](O)C(=O)O)n1C. The summed E-state index contributed by atoms with van der Waals surface area (Å²) < 4.78 is 1.68. The number of nitrogens with one attached hydrogen (secondary N) is 1. The summed E-state index contributed by atoms with van der Waals surface area (Å²) in [6, 6.07) is 3.42. The third-order valence-corrected chi connectivity index (χ3v) is 2.35. The van der Waals surface area contributed by atoms with Crippen LogP contribution < -0.4 is 5.32 Å². The molecule has 88 valence electrons. The molecule has 0 bridgehead atoms. The second kappa shape index (κ2) is 4.80. The molecule has 0 spiro atoms. The maximum atomic E-state index is 11.6. The van der Waals surface area contributed by atoms with Crippen molar-refractivity contribution < 1.29 is 19.8 Å². The Labute approximate surface area is 92.5 Å². The maximum Gasteiger partial charge on any atom is 0.334 e. The molecule has 1 aromatic rings. The van der Waals surface area contributed by atoms with Gasteiger partial charge in [-0.3, -0.25) is 4.79 Å². The third-order valence-electron chi connectivity index (χ3n) is 2.35. The van der Waals surface area contributed by atoms with Crippen LogP contribution >= 0.6 is 0 Å². The van der Waals surface area contributed by atoms with Crippen LogP contribution in [0.1, 0.15) is 16.2 Å². The fraction of sp³-hybridized carbons (Fsp3) is 0.400. The summed E-state index contributed by atoms with van der Waals surface area (Å²) in [7, 11) is 1.73. The van der Waals surface area contributed by atoms with Gasteiger partial charge in [0.2, 0.25) is 0 Å². The highest BCUT2D eigenvalue weighted by Crippen LogP contribution is 2.05. The lowest BCUT2D eigenvalue weighted by Gasteiger charge is -2.08. The van der Waals surface area contributed by atoms with E-state index in [-0.39, 0.29) is 6.54 Å². The minimum absolute atomic E-state index is 0.307. The number of carbonyl (C=O) groups is 2. The van der Waals surface area contributed by atoms with Crippen molar-refractivity contribution in [2.24, 2.45) is 7.05 Å². The molecular formula is C10H14N2O4. The molecule has 1 heterocycles. The largest absolute Gasteiger partial charge is 0.479 e. The van der Waals surface area contributed by atoms with E-state index < -0.39 is 18.0 Å². The summed E-state index contributed by atoms with van der Waals surface area (Å²) in [6.07, 6.45) is -1.58. The Balaban J connectivity index is 2.60. The molecule has 0 unspecified atom stereocenters. The van der Waals surface area contributed by atoms with Crippen LogP contribution in [0.2, 0.25) is 0 Å². The van der Waals surface area contributed by atoms with Crippen LogP contribution in [-0.2, 0) is 11.8 Å². The number of aliphatic hydroxyl groups is 1. The highest BCUT2D eigenvalue weighted by molar-refractivity contribution is 5.93. The van der Waals surface area contributed by atoms with E-state index in [9.17, 15) is 9.59 Å². The molecule has 0 saturated heterocycles. The first kappa shape index (κ1) is 12.3.